The standard InChI is InChI=1S/C15H18O5/c1-18-13-8-11(6-4-5-7-16)12(9-14(13)19-2)10-15(17)20-3/h8-9,16H,5,7,10H2,1-3H3. The number of carbonyl (C=O) groups excluding carboxylic acids is 1. The van der Waals surface area contributed by atoms with Crippen molar-refractivity contribution in [2.24, 2.45) is 0 Å². The molecule has 0 saturated heterocycles. The highest BCUT2D eigenvalue weighted by atomic mass is 16.5. The third kappa shape index (κ3) is 4.18. The SMILES string of the molecule is COC(=O)Cc1cc(OC)c(OC)cc1C#CCCO. The van der Waals surface area contributed by atoms with Gasteiger partial charge in [0.05, 0.1) is 34.4 Å². The summed E-state index contributed by atoms with van der Waals surface area (Å²) >= 11 is 0. The molecule has 0 radical (unpaired) electrons. The maximum absolute atomic E-state index is 11.4. The first-order chi connectivity index (χ1) is 9.65. The molecule has 5 nitrogen and oxygen atoms in total. The van der Waals surface area contributed by atoms with Gasteiger partial charge < -0.3 is 19.3 Å². The molecule has 1 rings (SSSR count). The van der Waals surface area contributed by atoms with E-state index >= 15 is 0 Å². The molecule has 1 aromatic rings. The molecule has 1 aromatic carbocycles. The number of aliphatic hydroxyl groups excluding tert-OH is 1. The number of esters is 1. The molecule has 0 atom stereocenters. The van der Waals surface area contributed by atoms with Crippen LogP contribution in [0.3, 0.4) is 0 Å². The van der Waals surface area contributed by atoms with E-state index in [-0.39, 0.29) is 19.0 Å². The van der Waals surface area contributed by atoms with Gasteiger partial charge in [-0.05, 0) is 17.7 Å². The number of hydrogen-bond acceptors (Lipinski definition) is 5. The van der Waals surface area contributed by atoms with Gasteiger partial charge in [0.15, 0.2) is 11.5 Å². The van der Waals surface area contributed by atoms with Crippen LogP contribution in [0, 0.1) is 11.8 Å². The van der Waals surface area contributed by atoms with Gasteiger partial charge in [0.25, 0.3) is 0 Å². The van der Waals surface area contributed by atoms with Gasteiger partial charge in [-0.2, -0.15) is 0 Å². The Morgan fingerprint density at radius 2 is 1.85 bits per heavy atom. The molecule has 5 heteroatoms. The van der Waals surface area contributed by atoms with Gasteiger partial charge >= 0.3 is 5.97 Å². The van der Waals surface area contributed by atoms with Crippen molar-refractivity contribution >= 4 is 5.97 Å². The molecule has 0 fully saturated rings. The lowest BCUT2D eigenvalue weighted by atomic mass is 10.0. The van der Waals surface area contributed by atoms with Gasteiger partial charge in [0, 0.05) is 12.0 Å². The van der Waals surface area contributed by atoms with Crippen molar-refractivity contribution in [1.82, 2.24) is 0 Å². The molecule has 0 saturated carbocycles. The van der Waals surface area contributed by atoms with Crippen LogP contribution in [0.15, 0.2) is 12.1 Å². The molecule has 0 bridgehead atoms. The molecule has 0 aliphatic heterocycles. The zero-order valence-electron chi connectivity index (χ0n) is 11.9. The van der Waals surface area contributed by atoms with Gasteiger partial charge in [-0.3, -0.25) is 4.79 Å². The molecule has 0 spiro atoms. The molecular weight excluding hydrogens is 260 g/mol. The average molecular weight is 278 g/mol. The highest BCUT2D eigenvalue weighted by Gasteiger charge is 2.13. The predicted molar refractivity (Wildman–Crippen MR) is 73.8 cm³/mol. The summed E-state index contributed by atoms with van der Waals surface area (Å²) in [5.41, 5.74) is 1.35. The minimum Gasteiger partial charge on any atom is -0.493 e. The fourth-order valence-electron chi connectivity index (χ4n) is 1.62. The zero-order chi connectivity index (χ0) is 15.0. The number of ether oxygens (including phenoxy) is 3. The van der Waals surface area contributed by atoms with Crippen LogP contribution in [0.2, 0.25) is 0 Å². The van der Waals surface area contributed by atoms with Gasteiger partial charge in [-0.1, -0.05) is 11.8 Å². The predicted octanol–water partition coefficient (Wildman–Crippen LogP) is 1.15. The molecule has 0 aromatic heterocycles. The molecule has 1 N–H and O–H groups in total. The van der Waals surface area contributed by atoms with E-state index in [1.54, 1.807) is 12.1 Å². The highest BCUT2D eigenvalue weighted by molar-refractivity contribution is 5.74. The summed E-state index contributed by atoms with van der Waals surface area (Å²) in [6, 6.07) is 3.42. The number of methoxy groups -OCH3 is 3. The smallest absolute Gasteiger partial charge is 0.310 e. The Bertz CT molecular complexity index is 525. The second-order valence-electron chi connectivity index (χ2n) is 3.89. The molecule has 20 heavy (non-hydrogen) atoms. The van der Waals surface area contributed by atoms with Crippen LogP contribution in [0.5, 0.6) is 11.5 Å². The molecule has 0 heterocycles. The third-order valence-electron chi connectivity index (χ3n) is 2.63. The maximum Gasteiger partial charge on any atom is 0.310 e. The summed E-state index contributed by atoms with van der Waals surface area (Å²) in [7, 11) is 4.39. The molecule has 0 unspecified atom stereocenters. The van der Waals surface area contributed by atoms with Gasteiger partial charge in [0.2, 0.25) is 0 Å². The Hall–Kier alpha value is -2.19. The van der Waals surface area contributed by atoms with Crippen molar-refractivity contribution in [3.8, 4) is 23.3 Å². The second kappa shape index (κ2) is 8.08. The minimum atomic E-state index is -0.359. The summed E-state index contributed by atoms with van der Waals surface area (Å²) in [4.78, 5) is 11.4. The molecule has 0 amide bonds. The molecule has 108 valence electrons. The van der Waals surface area contributed by atoms with E-state index in [2.05, 4.69) is 16.6 Å². The topological polar surface area (TPSA) is 65.0 Å². The van der Waals surface area contributed by atoms with E-state index in [9.17, 15) is 4.79 Å². The van der Waals surface area contributed by atoms with Gasteiger partial charge in [-0.25, -0.2) is 0 Å². The lowest BCUT2D eigenvalue weighted by Gasteiger charge is -2.11. The van der Waals surface area contributed by atoms with Crippen molar-refractivity contribution in [3.63, 3.8) is 0 Å². The van der Waals surface area contributed by atoms with Crippen molar-refractivity contribution in [1.29, 1.82) is 0 Å². The monoisotopic (exact) mass is 278 g/mol. The number of rotatable bonds is 5. The number of benzene rings is 1. The van der Waals surface area contributed by atoms with Crippen LogP contribution < -0.4 is 9.47 Å². The summed E-state index contributed by atoms with van der Waals surface area (Å²) in [6.45, 7) is -0.00732. The third-order valence-corrected chi connectivity index (χ3v) is 2.63. The van der Waals surface area contributed by atoms with Crippen molar-refractivity contribution in [2.75, 3.05) is 27.9 Å². The fraction of sp³-hybridized carbons (Fsp3) is 0.400. The Kier molecular flexibility index (Phi) is 6.41. The van der Waals surface area contributed by atoms with E-state index in [1.165, 1.54) is 21.3 Å². The lowest BCUT2D eigenvalue weighted by molar-refractivity contribution is -0.139. The highest BCUT2D eigenvalue weighted by Crippen LogP contribution is 2.30. The van der Waals surface area contributed by atoms with Crippen molar-refractivity contribution in [3.05, 3.63) is 23.3 Å². The van der Waals surface area contributed by atoms with Crippen LogP contribution in [-0.4, -0.2) is 39.0 Å². The average Bonchev–Trinajstić information content (AvgIpc) is 2.48. The van der Waals surface area contributed by atoms with Crippen molar-refractivity contribution in [2.45, 2.75) is 12.8 Å². The lowest BCUT2D eigenvalue weighted by Crippen LogP contribution is -2.07. The van der Waals surface area contributed by atoms with Crippen LogP contribution in [-0.2, 0) is 16.0 Å². The Balaban J connectivity index is 3.22. The number of hydrogen-bond donors (Lipinski definition) is 1. The molecule has 0 aliphatic carbocycles. The van der Waals surface area contributed by atoms with Crippen LogP contribution in [0.4, 0.5) is 0 Å². The van der Waals surface area contributed by atoms with Crippen LogP contribution in [0.1, 0.15) is 17.5 Å². The number of aliphatic hydroxyl groups is 1. The first-order valence-corrected chi connectivity index (χ1v) is 6.07. The van der Waals surface area contributed by atoms with Crippen LogP contribution >= 0.6 is 0 Å². The zero-order valence-corrected chi connectivity index (χ0v) is 11.9. The van der Waals surface area contributed by atoms with Crippen LogP contribution in [0.25, 0.3) is 0 Å². The Morgan fingerprint density at radius 1 is 1.20 bits per heavy atom. The van der Waals surface area contributed by atoms with Crippen molar-refractivity contribution < 1.29 is 24.1 Å². The summed E-state index contributed by atoms with van der Waals surface area (Å²) in [5, 5.41) is 8.76. The van der Waals surface area contributed by atoms with Gasteiger partial charge in [0.1, 0.15) is 0 Å². The summed E-state index contributed by atoms with van der Waals surface area (Å²) in [5.74, 6) is 6.44. The van der Waals surface area contributed by atoms with E-state index < -0.39 is 0 Å². The first-order valence-electron chi connectivity index (χ1n) is 6.07. The Morgan fingerprint density at radius 3 is 2.40 bits per heavy atom. The summed E-state index contributed by atoms with van der Waals surface area (Å²) < 4.78 is 15.1. The van der Waals surface area contributed by atoms with E-state index in [1.807, 2.05) is 0 Å². The first kappa shape index (κ1) is 15.9. The quantitative estimate of drug-likeness (QED) is 0.646. The maximum atomic E-state index is 11.4. The van der Waals surface area contributed by atoms with E-state index in [4.69, 9.17) is 14.6 Å². The molecular formula is C15H18O5. The molecule has 0 aliphatic rings. The largest absolute Gasteiger partial charge is 0.493 e. The number of carbonyl (C=O) groups is 1. The summed E-state index contributed by atoms with van der Waals surface area (Å²) in [6.07, 6.45) is 0.464. The second-order valence-corrected chi connectivity index (χ2v) is 3.89. The minimum absolute atomic E-state index is 0.00732. The van der Waals surface area contributed by atoms with E-state index in [0.29, 0.717) is 29.0 Å². The fourth-order valence-corrected chi connectivity index (χ4v) is 1.62. The van der Waals surface area contributed by atoms with Gasteiger partial charge in [-0.15, -0.1) is 0 Å². The van der Waals surface area contributed by atoms with E-state index in [0.717, 1.165) is 0 Å². The normalized spacial score (nSPS) is 9.40. The Labute approximate surface area is 118 Å².